The lowest BCUT2D eigenvalue weighted by molar-refractivity contribution is -0.140. The molecule has 0 saturated carbocycles. The molecule has 0 aliphatic heterocycles. The number of carbonyl (C=O) groups excluding carboxylic acids is 1. The Hall–Kier alpha value is -0.610. The summed E-state index contributed by atoms with van der Waals surface area (Å²) in [4.78, 5) is 10.2. The molecular weight excluding hydrogens is 110 g/mol. The summed E-state index contributed by atoms with van der Waals surface area (Å²) in [5.41, 5.74) is 0. The predicted molar refractivity (Wildman–Crippen MR) is 28.0 cm³/mol. The Bertz CT molecular complexity index is 81.4. The summed E-state index contributed by atoms with van der Waals surface area (Å²) in [6.07, 6.45) is 0. The molecule has 0 heterocycles. The van der Waals surface area contributed by atoms with Gasteiger partial charge in [-0.15, -0.1) is 0 Å². The zero-order valence-electron chi connectivity index (χ0n) is 4.88. The first-order chi connectivity index (χ1) is 3.66. The molecule has 0 N–H and O–H groups in total. The van der Waals surface area contributed by atoms with Gasteiger partial charge in [0.15, 0.2) is 0 Å². The van der Waals surface area contributed by atoms with Gasteiger partial charge in [0.2, 0.25) is 0 Å². The number of likely N-dealkylation sites (N-methyl/N-ethyl adjacent to an activating group) is 1. The Morgan fingerprint density at radius 1 is 1.88 bits per heavy atom. The highest BCUT2D eigenvalue weighted by molar-refractivity contribution is 5.71. The fourth-order valence-electron chi connectivity index (χ4n) is 0.246. The van der Waals surface area contributed by atoms with Crippen LogP contribution in [0.5, 0.6) is 0 Å². The lowest BCUT2D eigenvalue weighted by atomic mass is 10.7. The maximum atomic E-state index is 10.2. The second-order valence-corrected chi connectivity index (χ2v) is 1.36. The number of hydrogen-bond acceptors (Lipinski definition) is 4. The SMILES string of the molecule is COC(=O)CN(C)[O-]. The number of methoxy groups -OCH3 is 1. The molecule has 0 spiro atoms. The fourth-order valence-corrected chi connectivity index (χ4v) is 0.246. The van der Waals surface area contributed by atoms with Gasteiger partial charge < -0.3 is 15.0 Å². The van der Waals surface area contributed by atoms with Crippen LogP contribution in [0.4, 0.5) is 0 Å². The number of carbonyl (C=O) groups is 1. The van der Waals surface area contributed by atoms with E-state index in [1.165, 1.54) is 14.2 Å². The van der Waals surface area contributed by atoms with Crippen LogP contribution in [0.2, 0.25) is 0 Å². The van der Waals surface area contributed by atoms with E-state index in [1.807, 2.05) is 0 Å². The highest BCUT2D eigenvalue weighted by Gasteiger charge is 1.94. The van der Waals surface area contributed by atoms with Crippen molar-refractivity contribution in [3.8, 4) is 0 Å². The second kappa shape index (κ2) is 3.40. The van der Waals surface area contributed by atoms with Gasteiger partial charge in [0, 0.05) is 0 Å². The molecule has 0 aliphatic rings. The molecule has 4 heteroatoms. The maximum absolute atomic E-state index is 10.2. The molecule has 4 nitrogen and oxygen atoms in total. The van der Waals surface area contributed by atoms with Crippen LogP contribution in [0.3, 0.4) is 0 Å². The van der Waals surface area contributed by atoms with Gasteiger partial charge in [-0.1, -0.05) is 0 Å². The first kappa shape index (κ1) is 7.39. The van der Waals surface area contributed by atoms with Crippen LogP contribution in [0.15, 0.2) is 0 Å². The Labute approximate surface area is 47.6 Å². The van der Waals surface area contributed by atoms with E-state index >= 15 is 0 Å². The topological polar surface area (TPSA) is 52.6 Å². The monoisotopic (exact) mass is 118 g/mol. The molecule has 0 aliphatic carbocycles. The standard InChI is InChI=1S/C4H8NO3/c1-5(7)3-4(6)8-2/h3H2,1-2H3/q-1. The summed E-state index contributed by atoms with van der Waals surface area (Å²) < 4.78 is 4.18. The van der Waals surface area contributed by atoms with Gasteiger partial charge in [-0.3, -0.25) is 4.79 Å². The smallest absolute Gasteiger partial charge is 0.318 e. The number of hydroxylamine groups is 2. The van der Waals surface area contributed by atoms with Crippen molar-refractivity contribution < 1.29 is 9.53 Å². The zero-order chi connectivity index (χ0) is 6.57. The van der Waals surface area contributed by atoms with Gasteiger partial charge in [-0.25, -0.2) is 0 Å². The minimum Gasteiger partial charge on any atom is -0.785 e. The molecule has 0 unspecified atom stereocenters. The number of rotatable bonds is 2. The van der Waals surface area contributed by atoms with Crippen LogP contribution in [0, 0.1) is 5.21 Å². The summed E-state index contributed by atoms with van der Waals surface area (Å²) in [6.45, 7) is -0.198. The summed E-state index contributed by atoms with van der Waals surface area (Å²) in [5, 5.41) is 10.5. The van der Waals surface area contributed by atoms with Crippen molar-refractivity contribution in [2.24, 2.45) is 0 Å². The molecule has 0 radical (unpaired) electrons. The van der Waals surface area contributed by atoms with Gasteiger partial charge >= 0.3 is 5.97 Å². The van der Waals surface area contributed by atoms with Crippen molar-refractivity contribution in [2.45, 2.75) is 0 Å². The third kappa shape index (κ3) is 3.58. The molecule has 48 valence electrons. The number of ether oxygens (including phenoxy) is 1. The Kier molecular flexibility index (Phi) is 3.14. The molecule has 0 bridgehead atoms. The molecule has 0 saturated heterocycles. The zero-order valence-corrected chi connectivity index (χ0v) is 4.88. The minimum atomic E-state index is -0.512. The molecule has 0 rings (SSSR count). The third-order valence-electron chi connectivity index (χ3n) is 0.579. The molecular formula is C4H8NO3-. The first-order valence-electron chi connectivity index (χ1n) is 2.12. The molecule has 8 heavy (non-hydrogen) atoms. The molecule has 0 aromatic carbocycles. The van der Waals surface area contributed by atoms with Crippen molar-refractivity contribution in [1.82, 2.24) is 5.06 Å². The van der Waals surface area contributed by atoms with E-state index in [4.69, 9.17) is 0 Å². The molecule has 0 fully saturated rings. The number of hydrogen-bond donors (Lipinski definition) is 0. The van der Waals surface area contributed by atoms with Crippen molar-refractivity contribution in [3.05, 3.63) is 5.21 Å². The summed E-state index contributed by atoms with van der Waals surface area (Å²) in [6, 6.07) is 0. The Morgan fingerprint density at radius 2 is 2.38 bits per heavy atom. The largest absolute Gasteiger partial charge is 0.785 e. The quantitative estimate of drug-likeness (QED) is 0.365. The molecule has 0 amide bonds. The van der Waals surface area contributed by atoms with Gasteiger partial charge in [0.25, 0.3) is 0 Å². The van der Waals surface area contributed by atoms with Crippen LogP contribution in [-0.4, -0.2) is 31.7 Å². The predicted octanol–water partition coefficient (Wildman–Crippen LogP) is -0.411. The Morgan fingerprint density at radius 3 is 2.50 bits per heavy atom. The van der Waals surface area contributed by atoms with E-state index < -0.39 is 5.97 Å². The maximum Gasteiger partial charge on any atom is 0.318 e. The van der Waals surface area contributed by atoms with Gasteiger partial charge in [-0.2, -0.15) is 0 Å². The normalized spacial score (nSPS) is 9.50. The van der Waals surface area contributed by atoms with Gasteiger partial charge in [0.05, 0.1) is 13.7 Å². The van der Waals surface area contributed by atoms with Crippen LogP contribution in [0.1, 0.15) is 0 Å². The minimum absolute atomic E-state index is 0.198. The van der Waals surface area contributed by atoms with E-state index in [2.05, 4.69) is 4.74 Å². The summed E-state index contributed by atoms with van der Waals surface area (Å²) in [5.74, 6) is -0.512. The van der Waals surface area contributed by atoms with Crippen molar-refractivity contribution >= 4 is 5.97 Å². The van der Waals surface area contributed by atoms with Crippen molar-refractivity contribution in [2.75, 3.05) is 20.7 Å². The highest BCUT2D eigenvalue weighted by atomic mass is 16.5. The van der Waals surface area contributed by atoms with Crippen LogP contribution in [-0.2, 0) is 9.53 Å². The molecule has 0 aromatic rings. The van der Waals surface area contributed by atoms with E-state index in [0.29, 0.717) is 5.06 Å². The lowest BCUT2D eigenvalue weighted by Gasteiger charge is -2.18. The van der Waals surface area contributed by atoms with Crippen LogP contribution in [0.25, 0.3) is 0 Å². The number of nitrogens with zero attached hydrogens (tertiary/aromatic N) is 1. The third-order valence-corrected chi connectivity index (χ3v) is 0.579. The highest BCUT2D eigenvalue weighted by Crippen LogP contribution is 1.77. The molecule has 0 atom stereocenters. The Balaban J connectivity index is 3.25. The molecule has 0 aromatic heterocycles. The first-order valence-corrected chi connectivity index (χ1v) is 2.12. The fraction of sp³-hybridized carbons (Fsp3) is 0.750. The van der Waals surface area contributed by atoms with E-state index in [0.717, 1.165) is 0 Å². The lowest BCUT2D eigenvalue weighted by Crippen LogP contribution is -2.20. The van der Waals surface area contributed by atoms with Gasteiger partial charge in [-0.05, 0) is 7.05 Å². The van der Waals surface area contributed by atoms with E-state index in [1.54, 1.807) is 0 Å². The van der Waals surface area contributed by atoms with Gasteiger partial charge in [0.1, 0.15) is 0 Å². The van der Waals surface area contributed by atoms with Crippen LogP contribution < -0.4 is 0 Å². The summed E-state index contributed by atoms with van der Waals surface area (Å²) >= 11 is 0. The van der Waals surface area contributed by atoms with Crippen molar-refractivity contribution in [3.63, 3.8) is 0 Å². The van der Waals surface area contributed by atoms with E-state index in [-0.39, 0.29) is 6.54 Å². The van der Waals surface area contributed by atoms with Crippen molar-refractivity contribution in [1.29, 1.82) is 0 Å². The number of esters is 1. The van der Waals surface area contributed by atoms with Crippen LogP contribution >= 0.6 is 0 Å². The summed E-state index contributed by atoms with van der Waals surface area (Å²) in [7, 11) is 2.50. The van der Waals surface area contributed by atoms with E-state index in [9.17, 15) is 10.0 Å². The average molecular weight is 118 g/mol. The average Bonchev–Trinajstić information content (AvgIpc) is 1.65. The second-order valence-electron chi connectivity index (χ2n) is 1.36.